The Morgan fingerprint density at radius 2 is 1.62 bits per heavy atom. The van der Waals surface area contributed by atoms with Gasteiger partial charge in [0.1, 0.15) is 18.0 Å². The number of esters is 2. The van der Waals surface area contributed by atoms with Crippen molar-refractivity contribution in [3.8, 4) is 5.75 Å². The van der Waals surface area contributed by atoms with E-state index in [0.29, 0.717) is 5.75 Å². The topological polar surface area (TPSA) is 87.9 Å². The fourth-order valence-electron chi connectivity index (χ4n) is 3.23. The van der Waals surface area contributed by atoms with Gasteiger partial charge in [-0.15, -0.1) is 0 Å². The van der Waals surface area contributed by atoms with Crippen molar-refractivity contribution in [3.05, 3.63) is 76.3 Å². The highest BCUT2D eigenvalue weighted by molar-refractivity contribution is 9.10. The molecule has 1 atom stereocenters. The van der Waals surface area contributed by atoms with Gasteiger partial charge in [-0.05, 0) is 61.4 Å². The summed E-state index contributed by atoms with van der Waals surface area (Å²) in [5.41, 5.74) is 4.49. The van der Waals surface area contributed by atoms with E-state index in [4.69, 9.17) is 19.9 Å². The lowest BCUT2D eigenvalue weighted by Crippen LogP contribution is -2.55. The van der Waals surface area contributed by atoms with E-state index >= 15 is 0 Å². The van der Waals surface area contributed by atoms with Crippen molar-refractivity contribution >= 4 is 38.6 Å². The minimum absolute atomic E-state index is 0.167. The molecule has 6 nitrogen and oxygen atoms in total. The van der Waals surface area contributed by atoms with Crippen LogP contribution in [0, 0.1) is 0 Å². The predicted octanol–water partition coefficient (Wildman–Crippen LogP) is 4.85. The number of hydrogen-bond acceptors (Lipinski definition) is 6. The molecule has 0 spiro atoms. The van der Waals surface area contributed by atoms with Gasteiger partial charge in [-0.25, -0.2) is 9.59 Å². The third-order valence-corrected chi connectivity index (χ3v) is 5.28. The minimum atomic E-state index is -2.22. The molecule has 0 radical (unpaired) electrons. The SMILES string of the molecule is COC(=O)C(N)(C(=O)OC(C)(C)C)c1cc2cc(Br)ccc2cc1OCc1ccccc1. The van der Waals surface area contributed by atoms with E-state index in [9.17, 15) is 9.59 Å². The molecule has 0 saturated heterocycles. The number of carbonyl (C=O) groups is 2. The Hall–Kier alpha value is -2.90. The van der Waals surface area contributed by atoms with Crippen molar-refractivity contribution in [3.63, 3.8) is 0 Å². The molecular formula is C25H26BrNO5. The molecule has 0 aromatic heterocycles. The van der Waals surface area contributed by atoms with Crippen LogP contribution in [0.25, 0.3) is 10.8 Å². The molecule has 0 fully saturated rings. The maximum atomic E-state index is 13.2. The number of rotatable bonds is 6. The van der Waals surface area contributed by atoms with Gasteiger partial charge in [0.15, 0.2) is 0 Å². The molecule has 0 aliphatic carbocycles. The summed E-state index contributed by atoms with van der Waals surface area (Å²) in [6.45, 7) is 5.33. The van der Waals surface area contributed by atoms with Crippen molar-refractivity contribution in [2.45, 2.75) is 38.5 Å². The van der Waals surface area contributed by atoms with Crippen LogP contribution < -0.4 is 10.5 Å². The maximum absolute atomic E-state index is 13.2. The van der Waals surface area contributed by atoms with Gasteiger partial charge in [-0.3, -0.25) is 0 Å². The van der Waals surface area contributed by atoms with E-state index in [1.807, 2.05) is 48.5 Å². The van der Waals surface area contributed by atoms with E-state index in [2.05, 4.69) is 15.9 Å². The smallest absolute Gasteiger partial charge is 0.343 e. The highest BCUT2D eigenvalue weighted by atomic mass is 79.9. The van der Waals surface area contributed by atoms with Crippen LogP contribution in [0.4, 0.5) is 0 Å². The van der Waals surface area contributed by atoms with Crippen LogP contribution in [-0.2, 0) is 31.2 Å². The van der Waals surface area contributed by atoms with Crippen LogP contribution in [0.2, 0.25) is 0 Å². The Bertz CT molecular complexity index is 1140. The second-order valence-corrected chi connectivity index (χ2v) is 9.33. The highest BCUT2D eigenvalue weighted by Gasteiger charge is 2.50. The number of carbonyl (C=O) groups excluding carboxylic acids is 2. The molecule has 0 aliphatic rings. The van der Waals surface area contributed by atoms with E-state index in [1.54, 1.807) is 32.9 Å². The molecule has 168 valence electrons. The van der Waals surface area contributed by atoms with Crippen molar-refractivity contribution in [2.75, 3.05) is 7.11 Å². The van der Waals surface area contributed by atoms with Gasteiger partial charge < -0.3 is 19.9 Å². The summed E-state index contributed by atoms with van der Waals surface area (Å²) < 4.78 is 17.3. The van der Waals surface area contributed by atoms with E-state index in [0.717, 1.165) is 20.8 Å². The third kappa shape index (κ3) is 5.11. The number of hydrogen-bond donors (Lipinski definition) is 1. The van der Waals surface area contributed by atoms with Crippen LogP contribution >= 0.6 is 15.9 Å². The molecular weight excluding hydrogens is 474 g/mol. The first kappa shape index (κ1) is 23.8. The molecule has 0 amide bonds. The Balaban J connectivity index is 2.18. The van der Waals surface area contributed by atoms with Crippen molar-refractivity contribution < 1.29 is 23.8 Å². The second kappa shape index (κ2) is 9.30. The fraction of sp³-hybridized carbons (Fsp3) is 0.280. The zero-order valence-electron chi connectivity index (χ0n) is 18.5. The van der Waals surface area contributed by atoms with Crippen LogP contribution in [0.3, 0.4) is 0 Å². The largest absolute Gasteiger partial charge is 0.488 e. The quantitative estimate of drug-likeness (QED) is 0.385. The lowest BCUT2D eigenvalue weighted by molar-refractivity contribution is -0.171. The van der Waals surface area contributed by atoms with Gasteiger partial charge in [-0.1, -0.05) is 52.3 Å². The number of ether oxygens (including phenoxy) is 3. The van der Waals surface area contributed by atoms with Gasteiger partial charge in [-0.2, -0.15) is 0 Å². The zero-order chi connectivity index (χ0) is 23.5. The number of fused-ring (bicyclic) bond motifs is 1. The first-order valence-corrected chi connectivity index (χ1v) is 10.8. The van der Waals surface area contributed by atoms with Crippen LogP contribution in [0.5, 0.6) is 5.75 Å². The molecule has 0 heterocycles. The molecule has 0 bridgehead atoms. The number of benzene rings is 3. The van der Waals surface area contributed by atoms with Gasteiger partial charge in [0.2, 0.25) is 5.54 Å². The summed E-state index contributed by atoms with van der Waals surface area (Å²) in [6, 6.07) is 18.6. The summed E-state index contributed by atoms with van der Waals surface area (Å²) in [5, 5.41) is 1.63. The number of methoxy groups -OCH3 is 1. The fourth-order valence-corrected chi connectivity index (χ4v) is 3.61. The molecule has 1 unspecified atom stereocenters. The molecule has 32 heavy (non-hydrogen) atoms. The van der Waals surface area contributed by atoms with Crippen LogP contribution in [0.15, 0.2) is 65.1 Å². The van der Waals surface area contributed by atoms with Gasteiger partial charge in [0, 0.05) is 10.0 Å². The average molecular weight is 500 g/mol. The van der Waals surface area contributed by atoms with E-state index in [-0.39, 0.29) is 12.2 Å². The summed E-state index contributed by atoms with van der Waals surface area (Å²) in [4.78, 5) is 26.1. The Morgan fingerprint density at radius 3 is 2.25 bits per heavy atom. The predicted molar refractivity (Wildman–Crippen MR) is 126 cm³/mol. The first-order valence-electron chi connectivity index (χ1n) is 10.1. The normalized spacial score (nSPS) is 13.3. The summed E-state index contributed by atoms with van der Waals surface area (Å²) in [7, 11) is 1.18. The van der Waals surface area contributed by atoms with Crippen LogP contribution in [0.1, 0.15) is 31.9 Å². The second-order valence-electron chi connectivity index (χ2n) is 8.42. The minimum Gasteiger partial charge on any atom is -0.488 e. The van der Waals surface area contributed by atoms with Gasteiger partial charge in [0.05, 0.1) is 7.11 Å². The van der Waals surface area contributed by atoms with Gasteiger partial charge >= 0.3 is 11.9 Å². The standard InChI is InChI=1S/C25H26BrNO5/c1-24(2,3)32-23(29)25(27,22(28)30-4)20-13-18-12-19(26)11-10-17(18)14-21(20)31-15-16-8-6-5-7-9-16/h5-14H,15,27H2,1-4H3. The Labute approximate surface area is 195 Å². The summed E-state index contributed by atoms with van der Waals surface area (Å²) in [5.74, 6) is -1.57. The molecule has 2 N–H and O–H groups in total. The highest BCUT2D eigenvalue weighted by Crippen LogP contribution is 2.36. The molecule has 7 heteroatoms. The first-order chi connectivity index (χ1) is 15.0. The van der Waals surface area contributed by atoms with Crippen molar-refractivity contribution in [1.82, 2.24) is 0 Å². The van der Waals surface area contributed by atoms with E-state index in [1.165, 1.54) is 7.11 Å². The van der Waals surface area contributed by atoms with E-state index < -0.39 is 23.1 Å². The van der Waals surface area contributed by atoms with Crippen LogP contribution in [-0.4, -0.2) is 24.6 Å². The lowest BCUT2D eigenvalue weighted by atomic mass is 9.88. The zero-order valence-corrected chi connectivity index (χ0v) is 20.1. The van der Waals surface area contributed by atoms with Gasteiger partial charge in [0.25, 0.3) is 0 Å². The molecule has 0 saturated carbocycles. The lowest BCUT2D eigenvalue weighted by Gasteiger charge is -2.30. The van der Waals surface area contributed by atoms with Crippen molar-refractivity contribution in [2.24, 2.45) is 5.73 Å². The summed E-state index contributed by atoms with van der Waals surface area (Å²) >= 11 is 3.45. The maximum Gasteiger partial charge on any atom is 0.343 e. The molecule has 0 aliphatic heterocycles. The van der Waals surface area contributed by atoms with Crippen molar-refractivity contribution in [1.29, 1.82) is 0 Å². The molecule has 3 aromatic carbocycles. The molecule has 3 rings (SSSR count). The molecule has 3 aromatic rings. The number of halogens is 1. The number of nitrogens with two attached hydrogens (primary N) is 1. The Morgan fingerprint density at radius 1 is 0.938 bits per heavy atom. The monoisotopic (exact) mass is 499 g/mol. The summed E-state index contributed by atoms with van der Waals surface area (Å²) in [6.07, 6.45) is 0. The average Bonchev–Trinajstić information content (AvgIpc) is 2.75. The Kier molecular flexibility index (Phi) is 6.91. The third-order valence-electron chi connectivity index (χ3n) is 4.79.